The first-order valence-electron chi connectivity index (χ1n) is 7.00. The smallest absolute Gasteiger partial charge is 0.330 e. The van der Waals surface area contributed by atoms with Gasteiger partial charge in [0.25, 0.3) is 0 Å². The van der Waals surface area contributed by atoms with Crippen LogP contribution in [0.25, 0.3) is 0 Å². The van der Waals surface area contributed by atoms with E-state index in [0.29, 0.717) is 5.56 Å². The number of hydrogen-bond acceptors (Lipinski definition) is 3. The van der Waals surface area contributed by atoms with Gasteiger partial charge in [-0.2, -0.15) is 0 Å². The molecule has 108 valence electrons. The summed E-state index contributed by atoms with van der Waals surface area (Å²) in [7, 11) is 0. The second-order valence-electron chi connectivity index (χ2n) is 5.05. The van der Waals surface area contributed by atoms with E-state index >= 15 is 0 Å². The molecular formula is C15H20N2O3. The van der Waals surface area contributed by atoms with Crippen LogP contribution in [0.15, 0.2) is 30.3 Å². The highest BCUT2D eigenvalue weighted by Gasteiger charge is 2.26. The lowest BCUT2D eigenvalue weighted by molar-refractivity contribution is -0.142. The number of hydrogen-bond donors (Lipinski definition) is 3. The minimum absolute atomic E-state index is 0.233. The Hall–Kier alpha value is -1.88. The van der Waals surface area contributed by atoms with E-state index < -0.39 is 12.0 Å². The predicted octanol–water partition coefficient (Wildman–Crippen LogP) is 1.46. The first-order valence-corrected chi connectivity index (χ1v) is 7.00. The predicted molar refractivity (Wildman–Crippen MR) is 75.2 cm³/mol. The average molecular weight is 276 g/mol. The minimum Gasteiger partial charge on any atom is -0.479 e. The van der Waals surface area contributed by atoms with E-state index in [4.69, 9.17) is 0 Å². The molecule has 1 aromatic carbocycles. The maximum atomic E-state index is 12.2. The molecule has 0 saturated carbocycles. The van der Waals surface area contributed by atoms with Gasteiger partial charge in [0.2, 0.25) is 5.91 Å². The van der Waals surface area contributed by atoms with Crippen molar-refractivity contribution in [2.24, 2.45) is 0 Å². The number of benzene rings is 1. The fourth-order valence-corrected chi connectivity index (χ4v) is 2.43. The molecule has 0 radical (unpaired) electrons. The van der Waals surface area contributed by atoms with Crippen LogP contribution in [0.5, 0.6) is 0 Å². The van der Waals surface area contributed by atoms with Crippen LogP contribution in [0.2, 0.25) is 0 Å². The Labute approximate surface area is 118 Å². The van der Waals surface area contributed by atoms with Crippen molar-refractivity contribution < 1.29 is 14.7 Å². The van der Waals surface area contributed by atoms with E-state index in [9.17, 15) is 14.7 Å². The van der Waals surface area contributed by atoms with Crippen molar-refractivity contribution in [3.05, 3.63) is 35.9 Å². The quantitative estimate of drug-likeness (QED) is 0.778. The number of rotatable bonds is 4. The van der Waals surface area contributed by atoms with Gasteiger partial charge in [0.15, 0.2) is 6.04 Å². The van der Waals surface area contributed by atoms with E-state index in [1.165, 1.54) is 0 Å². The third-order valence-corrected chi connectivity index (χ3v) is 3.54. The van der Waals surface area contributed by atoms with Crippen LogP contribution >= 0.6 is 0 Å². The molecule has 1 unspecified atom stereocenters. The standard InChI is InChI=1S/C15H20N2O3/c18-14(12-9-5-2-6-10-16-12)17-13(15(19)20)11-7-3-1-4-8-11/h1,3-4,7-8,12-13,16H,2,5-6,9-10H2,(H,17,18)(H,19,20)/t12?,13-/m1/s1. The first-order chi connectivity index (χ1) is 9.68. The second kappa shape index (κ2) is 7.05. The molecule has 2 atom stereocenters. The van der Waals surface area contributed by atoms with Gasteiger partial charge < -0.3 is 15.7 Å². The largest absolute Gasteiger partial charge is 0.479 e. The Bertz CT molecular complexity index is 453. The molecule has 0 aliphatic carbocycles. The van der Waals surface area contributed by atoms with Crippen LogP contribution in [-0.2, 0) is 9.59 Å². The lowest BCUT2D eigenvalue weighted by atomic mass is 10.1. The molecule has 2 rings (SSSR count). The molecule has 1 aliphatic rings. The number of carbonyl (C=O) groups is 2. The third-order valence-electron chi connectivity index (χ3n) is 3.54. The molecule has 5 nitrogen and oxygen atoms in total. The Morgan fingerprint density at radius 1 is 1.20 bits per heavy atom. The van der Waals surface area contributed by atoms with Gasteiger partial charge in [-0.1, -0.05) is 43.2 Å². The van der Waals surface area contributed by atoms with Gasteiger partial charge in [-0.05, 0) is 24.9 Å². The zero-order chi connectivity index (χ0) is 14.4. The highest BCUT2D eigenvalue weighted by Crippen LogP contribution is 2.14. The fraction of sp³-hybridized carbons (Fsp3) is 0.467. The van der Waals surface area contributed by atoms with Crippen molar-refractivity contribution >= 4 is 11.9 Å². The molecule has 1 fully saturated rings. The second-order valence-corrected chi connectivity index (χ2v) is 5.05. The van der Waals surface area contributed by atoms with Crippen molar-refractivity contribution in [3.8, 4) is 0 Å². The monoisotopic (exact) mass is 276 g/mol. The van der Waals surface area contributed by atoms with Crippen LogP contribution in [0, 0.1) is 0 Å². The van der Waals surface area contributed by atoms with Gasteiger partial charge in [0.05, 0.1) is 6.04 Å². The van der Waals surface area contributed by atoms with Crippen molar-refractivity contribution in [3.63, 3.8) is 0 Å². The summed E-state index contributed by atoms with van der Waals surface area (Å²) in [5.41, 5.74) is 0.585. The van der Waals surface area contributed by atoms with E-state index in [1.807, 2.05) is 6.07 Å². The molecule has 1 amide bonds. The molecule has 5 heteroatoms. The van der Waals surface area contributed by atoms with Crippen molar-refractivity contribution in [1.29, 1.82) is 0 Å². The summed E-state index contributed by atoms with van der Waals surface area (Å²) in [6.45, 7) is 0.807. The highest BCUT2D eigenvalue weighted by atomic mass is 16.4. The number of amides is 1. The Balaban J connectivity index is 2.04. The molecule has 1 heterocycles. The van der Waals surface area contributed by atoms with Gasteiger partial charge in [-0.3, -0.25) is 4.79 Å². The highest BCUT2D eigenvalue weighted by molar-refractivity contribution is 5.87. The molecule has 0 bridgehead atoms. The molecule has 0 spiro atoms. The first kappa shape index (κ1) is 14.5. The summed E-state index contributed by atoms with van der Waals surface area (Å²) in [4.78, 5) is 23.6. The van der Waals surface area contributed by atoms with E-state index in [0.717, 1.165) is 32.2 Å². The zero-order valence-electron chi connectivity index (χ0n) is 11.3. The SMILES string of the molecule is O=C(N[C@@H](C(=O)O)c1ccccc1)C1CCCCCN1. The minimum atomic E-state index is -1.04. The van der Waals surface area contributed by atoms with Crippen LogP contribution in [-0.4, -0.2) is 29.6 Å². The van der Waals surface area contributed by atoms with E-state index in [2.05, 4.69) is 10.6 Å². The number of carboxylic acids is 1. The summed E-state index contributed by atoms with van der Waals surface area (Å²) < 4.78 is 0. The molecule has 0 aromatic heterocycles. The van der Waals surface area contributed by atoms with E-state index in [-0.39, 0.29) is 11.9 Å². The Kier molecular flexibility index (Phi) is 5.12. The lowest BCUT2D eigenvalue weighted by Crippen LogP contribution is -2.46. The van der Waals surface area contributed by atoms with Gasteiger partial charge in [0.1, 0.15) is 0 Å². The maximum Gasteiger partial charge on any atom is 0.330 e. The van der Waals surface area contributed by atoms with E-state index in [1.54, 1.807) is 24.3 Å². The molecule has 3 N–H and O–H groups in total. The van der Waals surface area contributed by atoms with Crippen molar-refractivity contribution in [1.82, 2.24) is 10.6 Å². The van der Waals surface area contributed by atoms with Gasteiger partial charge in [-0.15, -0.1) is 0 Å². The zero-order valence-corrected chi connectivity index (χ0v) is 11.3. The molecule has 1 aromatic rings. The van der Waals surface area contributed by atoms with Crippen LogP contribution < -0.4 is 10.6 Å². The number of nitrogens with one attached hydrogen (secondary N) is 2. The van der Waals surface area contributed by atoms with Gasteiger partial charge in [0, 0.05) is 0 Å². The average Bonchev–Trinajstić information content (AvgIpc) is 2.74. The number of aliphatic carboxylic acids is 1. The Morgan fingerprint density at radius 3 is 2.65 bits per heavy atom. The molecular weight excluding hydrogens is 256 g/mol. The summed E-state index contributed by atoms with van der Waals surface area (Å²) >= 11 is 0. The van der Waals surface area contributed by atoms with Crippen LogP contribution in [0.1, 0.15) is 37.3 Å². The summed E-state index contributed by atoms with van der Waals surface area (Å²) in [5, 5.41) is 15.1. The van der Waals surface area contributed by atoms with Crippen LogP contribution in [0.4, 0.5) is 0 Å². The summed E-state index contributed by atoms with van der Waals surface area (Å²) in [6, 6.07) is 7.48. The molecule has 1 aliphatic heterocycles. The third kappa shape index (κ3) is 3.81. The Morgan fingerprint density at radius 2 is 1.95 bits per heavy atom. The number of carbonyl (C=O) groups excluding carboxylic acids is 1. The summed E-state index contributed by atoms with van der Waals surface area (Å²) in [5.74, 6) is -1.28. The molecule has 20 heavy (non-hydrogen) atoms. The topological polar surface area (TPSA) is 78.4 Å². The van der Waals surface area contributed by atoms with Crippen molar-refractivity contribution in [2.75, 3.05) is 6.54 Å². The van der Waals surface area contributed by atoms with Gasteiger partial charge >= 0.3 is 5.97 Å². The normalized spacial score (nSPS) is 20.7. The number of carboxylic acid groups (broad SMARTS) is 1. The van der Waals surface area contributed by atoms with Crippen molar-refractivity contribution in [2.45, 2.75) is 37.8 Å². The van der Waals surface area contributed by atoms with Gasteiger partial charge in [-0.25, -0.2) is 4.79 Å². The van der Waals surface area contributed by atoms with Crippen LogP contribution in [0.3, 0.4) is 0 Å². The maximum absolute atomic E-state index is 12.2. The lowest BCUT2D eigenvalue weighted by Gasteiger charge is -2.20. The summed E-state index contributed by atoms with van der Waals surface area (Å²) in [6.07, 6.45) is 3.92. The molecule has 1 saturated heterocycles. The fourth-order valence-electron chi connectivity index (χ4n) is 2.43.